The number of aliphatic hydroxyl groups is 2. The van der Waals surface area contributed by atoms with E-state index >= 15 is 0 Å². The van der Waals surface area contributed by atoms with Crippen LogP contribution in [0.1, 0.15) is 13.3 Å². The van der Waals surface area contributed by atoms with E-state index in [0.717, 1.165) is 0 Å². The van der Waals surface area contributed by atoms with E-state index in [4.69, 9.17) is 16.8 Å². The van der Waals surface area contributed by atoms with Crippen molar-refractivity contribution in [3.05, 3.63) is 12.7 Å². The van der Waals surface area contributed by atoms with E-state index in [1.54, 1.807) is 0 Å². The quantitative estimate of drug-likeness (QED) is 0.548. The zero-order valence-electron chi connectivity index (χ0n) is 4.96. The van der Waals surface area contributed by atoms with Crippen molar-refractivity contribution in [2.75, 3.05) is 6.61 Å². The Morgan fingerprint density at radius 3 is 2.38 bits per heavy atom. The number of rotatable bonds is 3. The Balaban J connectivity index is 3.53. The normalized spacial score (nSPS) is 17.4. The average Bonchev–Trinajstić information content (AvgIpc) is 1.67. The van der Waals surface area contributed by atoms with Crippen LogP contribution in [0.15, 0.2) is 6.08 Å². The first-order chi connectivity index (χ1) is 3.62. The fourth-order valence-corrected chi connectivity index (χ4v) is 0.318. The largest absolute Gasteiger partial charge is 0.393 e. The highest BCUT2D eigenvalue weighted by atomic mass is 16.3. The Hall–Kier alpha value is -0.340. The highest BCUT2D eigenvalue weighted by Gasteiger charge is 2.15. The molecule has 0 aliphatic rings. The van der Waals surface area contributed by atoms with Crippen molar-refractivity contribution in [1.82, 2.24) is 0 Å². The van der Waals surface area contributed by atoms with Crippen molar-refractivity contribution < 1.29 is 10.2 Å². The molecule has 0 aromatic heterocycles. The predicted molar refractivity (Wildman–Crippen MR) is 31.2 cm³/mol. The van der Waals surface area contributed by atoms with Gasteiger partial charge in [0.15, 0.2) is 0 Å². The second kappa shape index (κ2) is 2.84. The van der Waals surface area contributed by atoms with E-state index < -0.39 is 5.60 Å². The summed E-state index contributed by atoms with van der Waals surface area (Å²) in [6.45, 7) is 6.27. The van der Waals surface area contributed by atoms with Gasteiger partial charge >= 0.3 is 0 Å². The molecule has 1 radical (unpaired) electrons. The molecule has 8 heavy (non-hydrogen) atoms. The van der Waals surface area contributed by atoms with Crippen molar-refractivity contribution in [2.24, 2.45) is 0 Å². The summed E-state index contributed by atoms with van der Waals surface area (Å²) in [6.07, 6.45) is 1.65. The van der Waals surface area contributed by atoms with Gasteiger partial charge in [-0.25, -0.2) is 0 Å². The lowest BCUT2D eigenvalue weighted by Gasteiger charge is -2.16. The lowest BCUT2D eigenvalue weighted by atomic mass is 10.1. The highest BCUT2D eigenvalue weighted by Crippen LogP contribution is 2.06. The van der Waals surface area contributed by atoms with Crippen molar-refractivity contribution in [3.63, 3.8) is 0 Å². The second-order valence-corrected chi connectivity index (χ2v) is 2.09. The van der Waals surface area contributed by atoms with Gasteiger partial charge in [0.1, 0.15) is 0 Å². The maximum atomic E-state index is 8.96. The van der Waals surface area contributed by atoms with Gasteiger partial charge in [0.2, 0.25) is 0 Å². The van der Waals surface area contributed by atoms with Crippen LogP contribution in [0.25, 0.3) is 0 Å². The molecule has 0 aliphatic carbocycles. The first kappa shape index (κ1) is 7.66. The molecular formula is C6H11O2. The Kier molecular flexibility index (Phi) is 2.72. The first-order valence-electron chi connectivity index (χ1n) is 2.49. The van der Waals surface area contributed by atoms with Crippen LogP contribution >= 0.6 is 0 Å². The third-order valence-corrected chi connectivity index (χ3v) is 0.898. The summed E-state index contributed by atoms with van der Waals surface area (Å²) in [7, 11) is 0. The first-order valence-corrected chi connectivity index (χ1v) is 2.49. The molecule has 0 saturated carbocycles. The lowest BCUT2D eigenvalue weighted by Crippen LogP contribution is -2.27. The standard InChI is InChI=1S/C6H11O2/c1-3-4-6(2,8)5-7/h1,3,7-8H,4-5H2,2H3. The molecule has 0 fully saturated rings. The minimum atomic E-state index is -1.03. The van der Waals surface area contributed by atoms with Crippen LogP contribution in [-0.4, -0.2) is 22.4 Å². The van der Waals surface area contributed by atoms with Crippen LogP contribution in [0.2, 0.25) is 0 Å². The van der Waals surface area contributed by atoms with E-state index in [0.29, 0.717) is 6.42 Å². The van der Waals surface area contributed by atoms with Crippen LogP contribution in [-0.2, 0) is 0 Å². The van der Waals surface area contributed by atoms with Crippen LogP contribution in [0, 0.1) is 6.58 Å². The number of hydrogen-bond donors (Lipinski definition) is 2. The minimum Gasteiger partial charge on any atom is -0.393 e. The Labute approximate surface area is 49.5 Å². The van der Waals surface area contributed by atoms with Crippen molar-refractivity contribution in [3.8, 4) is 0 Å². The summed E-state index contributed by atoms with van der Waals surface area (Å²) in [5, 5.41) is 17.4. The van der Waals surface area contributed by atoms with Gasteiger partial charge in [-0.2, -0.15) is 0 Å². The van der Waals surface area contributed by atoms with Crippen molar-refractivity contribution in [2.45, 2.75) is 18.9 Å². The SMILES string of the molecule is [CH]=CCC(C)(O)CO. The lowest BCUT2D eigenvalue weighted by molar-refractivity contribution is 0.00453. The summed E-state index contributed by atoms with van der Waals surface area (Å²) in [5.41, 5.74) is -1.03. The maximum absolute atomic E-state index is 8.96. The number of hydrogen-bond acceptors (Lipinski definition) is 2. The average molecular weight is 115 g/mol. The van der Waals surface area contributed by atoms with Crippen LogP contribution in [0.3, 0.4) is 0 Å². The van der Waals surface area contributed by atoms with Crippen LogP contribution < -0.4 is 0 Å². The zero-order chi connectivity index (χ0) is 6.62. The zero-order valence-corrected chi connectivity index (χ0v) is 4.96. The minimum absolute atomic E-state index is 0.249. The monoisotopic (exact) mass is 115 g/mol. The van der Waals surface area contributed by atoms with Gasteiger partial charge in [-0.3, -0.25) is 0 Å². The molecule has 2 heteroatoms. The van der Waals surface area contributed by atoms with Gasteiger partial charge in [-0.05, 0) is 13.3 Å². The van der Waals surface area contributed by atoms with E-state index in [1.165, 1.54) is 13.0 Å². The summed E-state index contributed by atoms with van der Waals surface area (Å²) >= 11 is 0. The molecule has 2 N–H and O–H groups in total. The van der Waals surface area contributed by atoms with Gasteiger partial charge in [-0.1, -0.05) is 12.7 Å². The predicted octanol–water partition coefficient (Wildman–Crippen LogP) is 0.109. The molecule has 0 aromatic carbocycles. The number of aliphatic hydroxyl groups excluding tert-OH is 1. The summed E-state index contributed by atoms with van der Waals surface area (Å²) < 4.78 is 0. The molecule has 0 amide bonds. The smallest absolute Gasteiger partial charge is 0.0883 e. The fourth-order valence-electron chi connectivity index (χ4n) is 0.318. The van der Waals surface area contributed by atoms with Gasteiger partial charge in [-0.15, -0.1) is 0 Å². The Morgan fingerprint density at radius 2 is 2.25 bits per heavy atom. The maximum Gasteiger partial charge on any atom is 0.0883 e. The summed E-state index contributed by atoms with van der Waals surface area (Å²) in [6, 6.07) is 0. The molecule has 47 valence electrons. The van der Waals surface area contributed by atoms with Crippen molar-refractivity contribution >= 4 is 0 Å². The van der Waals surface area contributed by atoms with E-state index in [2.05, 4.69) is 0 Å². The van der Waals surface area contributed by atoms with Gasteiger partial charge in [0, 0.05) is 0 Å². The fraction of sp³-hybridized carbons (Fsp3) is 0.667. The highest BCUT2D eigenvalue weighted by molar-refractivity contribution is 4.79. The molecule has 0 heterocycles. The van der Waals surface area contributed by atoms with E-state index in [9.17, 15) is 0 Å². The second-order valence-electron chi connectivity index (χ2n) is 2.09. The van der Waals surface area contributed by atoms with E-state index in [-0.39, 0.29) is 6.61 Å². The summed E-state index contributed by atoms with van der Waals surface area (Å²) in [5.74, 6) is 0. The topological polar surface area (TPSA) is 40.5 Å². The molecule has 1 unspecified atom stereocenters. The molecule has 1 atom stereocenters. The van der Waals surface area contributed by atoms with Gasteiger partial charge < -0.3 is 10.2 Å². The molecule has 0 aliphatic heterocycles. The van der Waals surface area contributed by atoms with Crippen molar-refractivity contribution in [1.29, 1.82) is 0 Å². The third-order valence-electron chi connectivity index (χ3n) is 0.898. The summed E-state index contributed by atoms with van der Waals surface area (Å²) in [4.78, 5) is 0. The van der Waals surface area contributed by atoms with Crippen LogP contribution in [0.4, 0.5) is 0 Å². The molecule has 0 bridgehead atoms. The molecular weight excluding hydrogens is 104 g/mol. The molecule has 0 rings (SSSR count). The van der Waals surface area contributed by atoms with Crippen LogP contribution in [0.5, 0.6) is 0 Å². The molecule has 0 spiro atoms. The molecule has 2 nitrogen and oxygen atoms in total. The Morgan fingerprint density at radius 1 is 1.75 bits per heavy atom. The third kappa shape index (κ3) is 2.77. The molecule has 0 saturated heterocycles. The Bertz CT molecular complexity index is 76.6. The van der Waals surface area contributed by atoms with Gasteiger partial charge in [0.05, 0.1) is 12.2 Å². The van der Waals surface area contributed by atoms with Gasteiger partial charge in [0.25, 0.3) is 0 Å². The van der Waals surface area contributed by atoms with E-state index in [1.807, 2.05) is 0 Å². The molecule has 0 aromatic rings.